The number of fused-ring (bicyclic) bond motifs is 2. The van der Waals surface area contributed by atoms with E-state index in [0.717, 1.165) is 18.9 Å². The number of hydrogen-bond donors (Lipinski definition) is 2. The van der Waals surface area contributed by atoms with Gasteiger partial charge in [-0.2, -0.15) is 13.2 Å². The molecule has 5 rings (SSSR count). The lowest BCUT2D eigenvalue weighted by atomic mass is 9.98. The normalized spacial score (nSPS) is 23.4. The van der Waals surface area contributed by atoms with Gasteiger partial charge < -0.3 is 15.2 Å². The zero-order valence-corrected chi connectivity index (χ0v) is 16.4. The van der Waals surface area contributed by atoms with E-state index in [1.165, 1.54) is 18.2 Å². The third kappa shape index (κ3) is 3.73. The van der Waals surface area contributed by atoms with Gasteiger partial charge in [0.25, 0.3) is 5.91 Å². The van der Waals surface area contributed by atoms with Crippen LogP contribution in [0.25, 0.3) is 10.9 Å². The lowest BCUT2D eigenvalue weighted by Gasteiger charge is -2.22. The lowest BCUT2D eigenvalue weighted by molar-refractivity contribution is -0.141. The van der Waals surface area contributed by atoms with Crippen LogP contribution >= 0.6 is 0 Å². The van der Waals surface area contributed by atoms with Crippen LogP contribution < -0.4 is 10.2 Å². The largest absolute Gasteiger partial charge is 0.433 e. The Morgan fingerprint density at radius 2 is 1.97 bits per heavy atom. The molecule has 5 nitrogen and oxygen atoms in total. The number of aromatic amines is 1. The van der Waals surface area contributed by atoms with Gasteiger partial charge in [-0.3, -0.25) is 4.79 Å². The minimum Gasteiger partial charge on any atom is -0.356 e. The smallest absolute Gasteiger partial charge is 0.356 e. The average Bonchev–Trinajstić information content (AvgIpc) is 3.42. The molecule has 1 aliphatic heterocycles. The lowest BCUT2D eigenvalue weighted by Crippen LogP contribution is -2.40. The number of nitrogens with one attached hydrogen (secondary N) is 2. The van der Waals surface area contributed by atoms with Crippen LogP contribution in [0, 0.1) is 17.7 Å². The summed E-state index contributed by atoms with van der Waals surface area (Å²) in [5, 5.41) is 3.68. The fourth-order valence-corrected chi connectivity index (χ4v) is 4.86. The maximum absolute atomic E-state index is 13.4. The zero-order chi connectivity index (χ0) is 21.8. The summed E-state index contributed by atoms with van der Waals surface area (Å²) in [7, 11) is 0. The summed E-state index contributed by atoms with van der Waals surface area (Å²) >= 11 is 0. The SMILES string of the molecule is O=C(N[C@H]1CC[C@@H]2CN(c3cccc(C(F)(F)F)n3)C[C@@H]21)c1cc2cc(F)ccc2[nH]1. The molecule has 3 aromatic rings. The molecule has 1 amide bonds. The topological polar surface area (TPSA) is 61.0 Å². The molecule has 1 aliphatic carbocycles. The highest BCUT2D eigenvalue weighted by Crippen LogP contribution is 2.40. The van der Waals surface area contributed by atoms with Crippen molar-refractivity contribution in [2.75, 3.05) is 18.0 Å². The van der Waals surface area contributed by atoms with E-state index in [9.17, 15) is 22.4 Å². The number of anilines is 1. The first kappa shape index (κ1) is 19.8. The molecule has 2 N–H and O–H groups in total. The number of alkyl halides is 3. The van der Waals surface area contributed by atoms with Crippen molar-refractivity contribution in [2.24, 2.45) is 11.8 Å². The number of H-pyrrole nitrogens is 1. The highest BCUT2D eigenvalue weighted by molar-refractivity contribution is 5.98. The third-order valence-corrected chi connectivity index (χ3v) is 6.35. The maximum atomic E-state index is 13.4. The van der Waals surface area contributed by atoms with Gasteiger partial charge in [0.05, 0.1) is 0 Å². The summed E-state index contributed by atoms with van der Waals surface area (Å²) in [5.41, 5.74) is 0.138. The predicted octanol–water partition coefficient (Wildman–Crippen LogP) is 4.37. The summed E-state index contributed by atoms with van der Waals surface area (Å²) in [6.45, 7) is 1.17. The molecule has 3 atom stereocenters. The van der Waals surface area contributed by atoms with Crippen LogP contribution in [0.1, 0.15) is 29.0 Å². The van der Waals surface area contributed by atoms with E-state index in [1.807, 2.05) is 4.90 Å². The second-order valence-corrected chi connectivity index (χ2v) is 8.28. The van der Waals surface area contributed by atoms with Crippen molar-refractivity contribution in [1.29, 1.82) is 0 Å². The van der Waals surface area contributed by atoms with Crippen LogP contribution in [-0.2, 0) is 6.18 Å². The Bertz CT molecular complexity index is 1140. The van der Waals surface area contributed by atoms with Gasteiger partial charge in [0.1, 0.15) is 23.0 Å². The Labute approximate surface area is 175 Å². The molecule has 2 fully saturated rings. The minimum atomic E-state index is -4.48. The van der Waals surface area contributed by atoms with Crippen LogP contribution in [0.5, 0.6) is 0 Å². The van der Waals surface area contributed by atoms with Gasteiger partial charge in [0.2, 0.25) is 0 Å². The molecule has 0 radical (unpaired) electrons. The predicted molar refractivity (Wildman–Crippen MR) is 107 cm³/mol. The average molecular weight is 432 g/mol. The molecule has 31 heavy (non-hydrogen) atoms. The van der Waals surface area contributed by atoms with Gasteiger partial charge in [-0.1, -0.05) is 6.07 Å². The maximum Gasteiger partial charge on any atom is 0.433 e. The quantitative estimate of drug-likeness (QED) is 0.605. The number of hydrogen-bond acceptors (Lipinski definition) is 3. The van der Waals surface area contributed by atoms with Gasteiger partial charge in [-0.15, -0.1) is 0 Å². The number of benzene rings is 1. The van der Waals surface area contributed by atoms with Gasteiger partial charge in [-0.05, 0) is 55.2 Å². The van der Waals surface area contributed by atoms with Crippen LogP contribution in [0.3, 0.4) is 0 Å². The number of rotatable bonds is 3. The van der Waals surface area contributed by atoms with E-state index in [1.54, 1.807) is 18.2 Å². The van der Waals surface area contributed by atoms with Crippen LogP contribution in [0.15, 0.2) is 42.5 Å². The number of halogens is 4. The summed E-state index contributed by atoms with van der Waals surface area (Å²) in [6, 6.07) is 9.76. The second kappa shape index (κ2) is 7.25. The summed E-state index contributed by atoms with van der Waals surface area (Å²) in [5.74, 6) is 0.108. The molecule has 0 unspecified atom stereocenters. The summed E-state index contributed by atoms with van der Waals surface area (Å²) in [4.78, 5) is 21.4. The Balaban J connectivity index is 1.29. The Morgan fingerprint density at radius 3 is 2.77 bits per heavy atom. The molecule has 1 saturated carbocycles. The van der Waals surface area contributed by atoms with Crippen molar-refractivity contribution >= 4 is 22.6 Å². The first-order valence-corrected chi connectivity index (χ1v) is 10.2. The van der Waals surface area contributed by atoms with E-state index in [2.05, 4.69) is 15.3 Å². The third-order valence-electron chi connectivity index (χ3n) is 6.35. The molecule has 1 aromatic carbocycles. The van der Waals surface area contributed by atoms with Crippen molar-refractivity contribution in [3.8, 4) is 0 Å². The first-order chi connectivity index (χ1) is 14.8. The van der Waals surface area contributed by atoms with Crippen molar-refractivity contribution in [1.82, 2.24) is 15.3 Å². The second-order valence-electron chi connectivity index (χ2n) is 8.28. The van der Waals surface area contributed by atoms with Gasteiger partial charge in [-0.25, -0.2) is 9.37 Å². The van der Waals surface area contributed by atoms with Crippen molar-refractivity contribution in [2.45, 2.75) is 25.1 Å². The molecule has 2 aliphatic rings. The zero-order valence-electron chi connectivity index (χ0n) is 16.4. The summed E-state index contributed by atoms with van der Waals surface area (Å²) < 4.78 is 52.4. The van der Waals surface area contributed by atoms with Crippen LogP contribution in [-0.4, -0.2) is 35.0 Å². The van der Waals surface area contributed by atoms with Crippen LogP contribution in [0.4, 0.5) is 23.4 Å². The molecule has 0 bridgehead atoms. The fraction of sp³-hybridized carbons (Fsp3) is 0.364. The highest BCUT2D eigenvalue weighted by Gasteiger charge is 2.44. The standard InChI is InChI=1S/C22H20F4N4O/c23-14-5-7-16-13(8-14)9-18(27-16)21(31)28-17-6-4-12-10-30(11-15(12)17)20-3-1-2-19(29-20)22(24,25)26/h1-3,5,7-9,12,15,17,27H,4,6,10-11H2,(H,28,31)/t12-,15+,17+/m1/s1. The molecular weight excluding hydrogens is 412 g/mol. The fourth-order valence-electron chi connectivity index (χ4n) is 4.86. The monoisotopic (exact) mass is 432 g/mol. The molecule has 9 heteroatoms. The number of pyridine rings is 1. The highest BCUT2D eigenvalue weighted by atomic mass is 19.4. The van der Waals surface area contributed by atoms with E-state index in [4.69, 9.17) is 0 Å². The van der Waals surface area contributed by atoms with Crippen molar-refractivity contribution in [3.05, 3.63) is 59.7 Å². The minimum absolute atomic E-state index is 0.0727. The van der Waals surface area contributed by atoms with Gasteiger partial charge >= 0.3 is 6.18 Å². The number of carbonyl (C=O) groups excluding carboxylic acids is 1. The Hall–Kier alpha value is -3.10. The van der Waals surface area contributed by atoms with E-state index >= 15 is 0 Å². The molecular formula is C22H20F4N4O. The van der Waals surface area contributed by atoms with E-state index in [-0.39, 0.29) is 23.7 Å². The Morgan fingerprint density at radius 1 is 1.13 bits per heavy atom. The van der Waals surface area contributed by atoms with Gasteiger partial charge in [0, 0.05) is 36.0 Å². The van der Waals surface area contributed by atoms with Crippen molar-refractivity contribution < 1.29 is 22.4 Å². The molecule has 1 saturated heterocycles. The van der Waals surface area contributed by atoms with Crippen LogP contribution in [0.2, 0.25) is 0 Å². The van der Waals surface area contributed by atoms with E-state index in [0.29, 0.717) is 41.4 Å². The molecule has 3 heterocycles. The number of aromatic nitrogens is 2. The first-order valence-electron chi connectivity index (χ1n) is 10.2. The number of carbonyl (C=O) groups is 1. The number of nitrogens with zero attached hydrogens (tertiary/aromatic N) is 2. The molecule has 2 aromatic heterocycles. The Kier molecular flexibility index (Phi) is 4.64. The van der Waals surface area contributed by atoms with Crippen molar-refractivity contribution in [3.63, 3.8) is 0 Å². The molecule has 0 spiro atoms. The van der Waals surface area contributed by atoms with E-state index < -0.39 is 11.9 Å². The number of amides is 1. The summed E-state index contributed by atoms with van der Waals surface area (Å²) in [6.07, 6.45) is -2.77. The molecule has 162 valence electrons. The van der Waals surface area contributed by atoms with Gasteiger partial charge in [0.15, 0.2) is 0 Å².